The van der Waals surface area contributed by atoms with Gasteiger partial charge in [-0.05, 0) is 24.6 Å². The van der Waals surface area contributed by atoms with Crippen LogP contribution in [0.4, 0.5) is 11.4 Å². The van der Waals surface area contributed by atoms with Crippen LogP contribution < -0.4 is 9.80 Å². The molecule has 1 N–H and O–H groups in total. The van der Waals surface area contributed by atoms with E-state index in [0.717, 1.165) is 38.3 Å². The molecule has 1 aliphatic rings. The number of nitro groups is 1. The quantitative estimate of drug-likeness (QED) is 0.692. The zero-order valence-corrected chi connectivity index (χ0v) is 13.4. The highest BCUT2D eigenvalue weighted by Gasteiger charge is 2.23. The number of quaternary nitrogens is 1. The molecular weight excluding hydrogens is 290 g/mol. The van der Waals surface area contributed by atoms with Crippen LogP contribution in [0.1, 0.15) is 11.1 Å². The summed E-state index contributed by atoms with van der Waals surface area (Å²) in [6, 6.07) is 15.5. The first-order chi connectivity index (χ1) is 11.1. The third kappa shape index (κ3) is 3.51. The highest BCUT2D eigenvalue weighted by atomic mass is 16.6. The molecule has 0 amide bonds. The number of nitrogens with one attached hydrogen (secondary N) is 1. The Kier molecular flexibility index (Phi) is 4.57. The summed E-state index contributed by atoms with van der Waals surface area (Å²) in [5.41, 5.74) is 3.67. The van der Waals surface area contributed by atoms with Crippen LogP contribution in [0.5, 0.6) is 0 Å². The molecule has 5 nitrogen and oxygen atoms in total. The Hall–Kier alpha value is -2.40. The lowest BCUT2D eigenvalue weighted by atomic mass is 10.1. The van der Waals surface area contributed by atoms with Crippen molar-refractivity contribution in [3.63, 3.8) is 0 Å². The van der Waals surface area contributed by atoms with E-state index >= 15 is 0 Å². The topological polar surface area (TPSA) is 50.8 Å². The first-order valence-electron chi connectivity index (χ1n) is 8.01. The van der Waals surface area contributed by atoms with E-state index < -0.39 is 0 Å². The number of piperazine rings is 1. The predicted molar refractivity (Wildman–Crippen MR) is 90.9 cm³/mol. The Morgan fingerprint density at radius 1 is 1.09 bits per heavy atom. The molecule has 0 atom stereocenters. The third-order valence-corrected chi connectivity index (χ3v) is 4.56. The molecular formula is C18H22N3O2+. The SMILES string of the molecule is Cc1ccccc1N1CC[NH+](Cc2ccccc2[N+](=O)[O-])CC1. The van der Waals surface area contributed by atoms with Crippen LogP contribution in [0.3, 0.4) is 0 Å². The molecule has 0 aromatic heterocycles. The number of hydrogen-bond acceptors (Lipinski definition) is 3. The molecule has 1 fully saturated rings. The van der Waals surface area contributed by atoms with Gasteiger partial charge in [0.2, 0.25) is 0 Å². The molecule has 0 saturated carbocycles. The largest absolute Gasteiger partial charge is 0.360 e. The predicted octanol–water partition coefficient (Wildman–Crippen LogP) is 1.81. The van der Waals surface area contributed by atoms with Crippen LogP contribution in [0.2, 0.25) is 0 Å². The van der Waals surface area contributed by atoms with E-state index in [1.165, 1.54) is 16.2 Å². The Balaban J connectivity index is 1.64. The minimum Gasteiger partial charge on any atom is -0.360 e. The fourth-order valence-electron chi connectivity index (χ4n) is 3.27. The fraction of sp³-hybridized carbons (Fsp3) is 0.333. The standard InChI is InChI=1S/C18H21N3O2/c1-15-6-2-4-8-17(15)20-12-10-19(11-13-20)14-16-7-3-5-9-18(16)21(22)23/h2-9H,10-14H2,1H3/p+1. The molecule has 120 valence electrons. The molecule has 1 saturated heterocycles. The van der Waals surface area contributed by atoms with Crippen molar-refractivity contribution in [1.29, 1.82) is 0 Å². The number of hydrogen-bond donors (Lipinski definition) is 1. The van der Waals surface area contributed by atoms with E-state index in [1.807, 2.05) is 12.1 Å². The van der Waals surface area contributed by atoms with E-state index in [1.54, 1.807) is 12.1 Å². The van der Waals surface area contributed by atoms with Crippen molar-refractivity contribution in [2.45, 2.75) is 13.5 Å². The van der Waals surface area contributed by atoms with E-state index in [2.05, 4.69) is 36.1 Å². The molecule has 0 aliphatic carbocycles. The minimum atomic E-state index is -0.279. The van der Waals surface area contributed by atoms with Gasteiger partial charge in [-0.2, -0.15) is 0 Å². The zero-order chi connectivity index (χ0) is 16.2. The maximum absolute atomic E-state index is 11.1. The first kappa shape index (κ1) is 15.5. The number of nitro benzene ring substituents is 1. The number of rotatable bonds is 4. The van der Waals surface area contributed by atoms with Crippen molar-refractivity contribution in [3.8, 4) is 0 Å². The zero-order valence-electron chi connectivity index (χ0n) is 13.4. The minimum absolute atomic E-state index is 0.237. The van der Waals surface area contributed by atoms with Gasteiger partial charge in [0.05, 0.1) is 36.7 Å². The molecule has 2 aromatic rings. The number of benzene rings is 2. The molecule has 23 heavy (non-hydrogen) atoms. The molecule has 0 bridgehead atoms. The molecule has 3 rings (SSSR count). The van der Waals surface area contributed by atoms with E-state index in [-0.39, 0.29) is 10.6 Å². The van der Waals surface area contributed by atoms with Gasteiger partial charge in [-0.1, -0.05) is 30.3 Å². The van der Waals surface area contributed by atoms with Crippen LogP contribution in [-0.2, 0) is 6.54 Å². The molecule has 5 heteroatoms. The number of aryl methyl sites for hydroxylation is 1. The van der Waals surface area contributed by atoms with Gasteiger partial charge < -0.3 is 9.80 Å². The molecule has 1 aliphatic heterocycles. The molecule has 2 aromatic carbocycles. The highest BCUT2D eigenvalue weighted by molar-refractivity contribution is 5.53. The average Bonchev–Trinajstić information content (AvgIpc) is 2.56. The molecule has 0 unspecified atom stereocenters. The summed E-state index contributed by atoms with van der Waals surface area (Å²) >= 11 is 0. The number of para-hydroxylation sites is 2. The summed E-state index contributed by atoms with van der Waals surface area (Å²) in [4.78, 5) is 14.7. The van der Waals surface area contributed by atoms with Crippen molar-refractivity contribution in [3.05, 3.63) is 69.8 Å². The van der Waals surface area contributed by atoms with Crippen LogP contribution in [0.15, 0.2) is 48.5 Å². The molecule has 0 spiro atoms. The van der Waals surface area contributed by atoms with E-state index in [9.17, 15) is 10.1 Å². The maximum atomic E-state index is 11.1. The first-order valence-corrected chi connectivity index (χ1v) is 8.01. The monoisotopic (exact) mass is 312 g/mol. The lowest BCUT2D eigenvalue weighted by Crippen LogP contribution is -3.13. The summed E-state index contributed by atoms with van der Waals surface area (Å²) in [5.74, 6) is 0. The summed E-state index contributed by atoms with van der Waals surface area (Å²) in [7, 11) is 0. The van der Waals surface area contributed by atoms with Crippen molar-refractivity contribution in [2.75, 3.05) is 31.1 Å². The van der Waals surface area contributed by atoms with E-state index in [0.29, 0.717) is 0 Å². The summed E-state index contributed by atoms with van der Waals surface area (Å²) in [5, 5.41) is 11.1. The van der Waals surface area contributed by atoms with Gasteiger partial charge in [-0.15, -0.1) is 0 Å². The smallest absolute Gasteiger partial charge is 0.278 e. The lowest BCUT2D eigenvalue weighted by molar-refractivity contribution is -0.914. The maximum Gasteiger partial charge on any atom is 0.278 e. The van der Waals surface area contributed by atoms with E-state index in [4.69, 9.17) is 0 Å². The fourth-order valence-corrected chi connectivity index (χ4v) is 3.27. The Morgan fingerprint density at radius 3 is 2.43 bits per heavy atom. The lowest BCUT2D eigenvalue weighted by Gasteiger charge is -2.34. The van der Waals surface area contributed by atoms with Crippen molar-refractivity contribution < 1.29 is 9.82 Å². The molecule has 1 heterocycles. The van der Waals surface area contributed by atoms with Crippen LogP contribution in [0.25, 0.3) is 0 Å². The Morgan fingerprint density at radius 2 is 1.74 bits per heavy atom. The van der Waals surface area contributed by atoms with Gasteiger partial charge in [0.15, 0.2) is 0 Å². The Bertz CT molecular complexity index is 694. The van der Waals surface area contributed by atoms with Crippen molar-refractivity contribution >= 4 is 11.4 Å². The third-order valence-electron chi connectivity index (χ3n) is 4.56. The van der Waals surface area contributed by atoms with Crippen LogP contribution in [-0.4, -0.2) is 31.1 Å². The molecule has 0 radical (unpaired) electrons. The summed E-state index contributed by atoms with van der Waals surface area (Å²) < 4.78 is 0. The van der Waals surface area contributed by atoms with Gasteiger partial charge in [-0.25, -0.2) is 0 Å². The van der Waals surface area contributed by atoms with Crippen molar-refractivity contribution in [2.24, 2.45) is 0 Å². The van der Waals surface area contributed by atoms with Gasteiger partial charge in [0.1, 0.15) is 6.54 Å². The average molecular weight is 312 g/mol. The van der Waals surface area contributed by atoms with Gasteiger partial charge in [0, 0.05) is 11.8 Å². The summed E-state index contributed by atoms with van der Waals surface area (Å²) in [6.07, 6.45) is 0. The van der Waals surface area contributed by atoms with Crippen molar-refractivity contribution in [1.82, 2.24) is 0 Å². The van der Waals surface area contributed by atoms with Gasteiger partial charge >= 0.3 is 0 Å². The second-order valence-corrected chi connectivity index (χ2v) is 6.09. The van der Waals surface area contributed by atoms with Gasteiger partial charge in [-0.3, -0.25) is 10.1 Å². The second kappa shape index (κ2) is 6.79. The normalized spacial score (nSPS) is 15.6. The van der Waals surface area contributed by atoms with Crippen LogP contribution >= 0.6 is 0 Å². The van der Waals surface area contributed by atoms with Crippen LogP contribution in [0, 0.1) is 17.0 Å². The highest BCUT2D eigenvalue weighted by Crippen LogP contribution is 2.19. The second-order valence-electron chi connectivity index (χ2n) is 6.09. The number of nitrogens with zero attached hydrogens (tertiary/aromatic N) is 2. The summed E-state index contributed by atoms with van der Waals surface area (Å²) in [6.45, 7) is 6.84. The Labute approximate surface area is 136 Å². The number of anilines is 1. The van der Waals surface area contributed by atoms with Gasteiger partial charge in [0.25, 0.3) is 5.69 Å².